The van der Waals surface area contributed by atoms with Crippen LogP contribution in [-0.4, -0.2) is 43.6 Å². The Kier molecular flexibility index (Phi) is 9.30. The minimum atomic E-state index is -0.910. The molecular formula is C34H37NO7S. The molecule has 0 saturated carbocycles. The molecule has 9 heteroatoms. The van der Waals surface area contributed by atoms with Crippen molar-refractivity contribution in [3.05, 3.63) is 92.1 Å². The lowest BCUT2D eigenvalue weighted by atomic mass is 9.72. The third-order valence-corrected chi connectivity index (χ3v) is 8.80. The van der Waals surface area contributed by atoms with E-state index in [9.17, 15) is 14.4 Å². The van der Waals surface area contributed by atoms with Crippen LogP contribution in [0.25, 0.3) is 11.0 Å². The average molecular weight is 604 g/mol. The number of hydrogen-bond donors (Lipinski definition) is 1. The number of thioether (sulfide) groups is 1. The van der Waals surface area contributed by atoms with Gasteiger partial charge in [0, 0.05) is 34.7 Å². The fourth-order valence-electron chi connectivity index (χ4n) is 5.94. The van der Waals surface area contributed by atoms with Crippen LogP contribution in [0.3, 0.4) is 0 Å². The summed E-state index contributed by atoms with van der Waals surface area (Å²) in [6.07, 6.45) is 2.12. The predicted molar refractivity (Wildman–Crippen MR) is 168 cm³/mol. The molecule has 2 aliphatic rings. The summed E-state index contributed by atoms with van der Waals surface area (Å²) in [4.78, 5) is 41.6. The Hall–Kier alpha value is -3.98. The van der Waals surface area contributed by atoms with Crippen LogP contribution < -0.4 is 20.2 Å². The highest BCUT2D eigenvalue weighted by Crippen LogP contribution is 2.46. The zero-order valence-electron chi connectivity index (χ0n) is 25.2. The van der Waals surface area contributed by atoms with E-state index in [1.165, 1.54) is 6.26 Å². The number of rotatable bonds is 10. The van der Waals surface area contributed by atoms with Crippen LogP contribution in [-0.2, 0) is 14.3 Å². The number of methoxy groups -OCH3 is 1. The maximum atomic E-state index is 14.1. The summed E-state index contributed by atoms with van der Waals surface area (Å²) in [5.74, 6) is 1.08. The highest BCUT2D eigenvalue weighted by Gasteiger charge is 2.43. The molecule has 2 heterocycles. The standard InChI is InChI=1S/C34H37NO7S/c1-6-40-28-11-9-21(17-29(28)39-5)22-15-25-32(26(36)16-22)31(30(20(4)35-25)34(38)41-12-13-43-7-2)24-18-42-27-10-8-19(3)14-23(27)33(24)37/h8-11,14,17-18,22,31,35H,6-7,12-13,15-16H2,1-5H3. The molecule has 0 fully saturated rings. The molecule has 1 N–H and O–H groups in total. The molecule has 2 aromatic carbocycles. The topological polar surface area (TPSA) is 104 Å². The number of benzene rings is 2. The van der Waals surface area contributed by atoms with Gasteiger partial charge >= 0.3 is 5.97 Å². The SMILES string of the molecule is CCOc1ccc(C2CC(=O)C3=C(C2)NC(C)=C(C(=O)OCCSCC)C3c2coc3ccc(C)cc3c2=O)cc1OC. The molecule has 2 atom stereocenters. The quantitative estimate of drug-likeness (QED) is 0.215. The Morgan fingerprint density at radius 1 is 1.07 bits per heavy atom. The van der Waals surface area contributed by atoms with E-state index in [0.717, 1.165) is 16.9 Å². The van der Waals surface area contributed by atoms with Gasteiger partial charge in [-0.3, -0.25) is 9.59 Å². The molecule has 3 aromatic rings. The van der Waals surface area contributed by atoms with Gasteiger partial charge in [-0.25, -0.2) is 4.79 Å². The molecule has 2 unspecified atom stereocenters. The monoisotopic (exact) mass is 603 g/mol. The second-order valence-electron chi connectivity index (χ2n) is 10.7. The minimum Gasteiger partial charge on any atom is -0.493 e. The lowest BCUT2D eigenvalue weighted by Gasteiger charge is -2.36. The van der Waals surface area contributed by atoms with Crippen molar-refractivity contribution >= 4 is 34.5 Å². The highest BCUT2D eigenvalue weighted by atomic mass is 32.2. The number of aryl methyl sites for hydroxylation is 1. The molecule has 1 aliphatic carbocycles. The van der Waals surface area contributed by atoms with Crippen molar-refractivity contribution in [2.75, 3.05) is 31.8 Å². The van der Waals surface area contributed by atoms with E-state index in [0.29, 0.717) is 58.2 Å². The molecule has 8 nitrogen and oxygen atoms in total. The van der Waals surface area contributed by atoms with Crippen molar-refractivity contribution < 1.29 is 28.2 Å². The smallest absolute Gasteiger partial charge is 0.336 e. The summed E-state index contributed by atoms with van der Waals surface area (Å²) in [5, 5.41) is 3.76. The summed E-state index contributed by atoms with van der Waals surface area (Å²) in [6.45, 7) is 8.38. The normalized spacial score (nSPS) is 18.4. The maximum Gasteiger partial charge on any atom is 0.336 e. The van der Waals surface area contributed by atoms with Gasteiger partial charge in [-0.15, -0.1) is 0 Å². The number of ketones is 1. The van der Waals surface area contributed by atoms with Crippen LogP contribution in [0.15, 0.2) is 74.4 Å². The molecule has 0 bridgehead atoms. The summed E-state index contributed by atoms with van der Waals surface area (Å²) < 4.78 is 22.8. The summed E-state index contributed by atoms with van der Waals surface area (Å²) in [6, 6.07) is 11.1. The van der Waals surface area contributed by atoms with Gasteiger partial charge in [-0.1, -0.05) is 24.6 Å². The van der Waals surface area contributed by atoms with E-state index in [-0.39, 0.29) is 41.3 Å². The van der Waals surface area contributed by atoms with Crippen LogP contribution in [0.1, 0.15) is 62.1 Å². The van der Waals surface area contributed by atoms with Crippen LogP contribution in [0.2, 0.25) is 0 Å². The number of hydrogen-bond acceptors (Lipinski definition) is 9. The first-order valence-electron chi connectivity index (χ1n) is 14.6. The van der Waals surface area contributed by atoms with Gasteiger partial charge < -0.3 is 23.9 Å². The summed E-state index contributed by atoms with van der Waals surface area (Å²) >= 11 is 1.67. The lowest BCUT2D eigenvalue weighted by molar-refractivity contribution is -0.138. The van der Waals surface area contributed by atoms with Crippen LogP contribution in [0, 0.1) is 6.92 Å². The molecule has 0 spiro atoms. The van der Waals surface area contributed by atoms with Crippen LogP contribution in [0.4, 0.5) is 0 Å². The van der Waals surface area contributed by atoms with Crippen LogP contribution >= 0.6 is 11.8 Å². The fraction of sp³-hybridized carbons (Fsp3) is 0.382. The Morgan fingerprint density at radius 2 is 1.88 bits per heavy atom. The second kappa shape index (κ2) is 13.1. The van der Waals surface area contributed by atoms with E-state index in [2.05, 4.69) is 5.32 Å². The number of esters is 1. The number of Topliss-reactive ketones (excluding diaryl/α,β-unsaturated/α-hetero) is 1. The highest BCUT2D eigenvalue weighted by molar-refractivity contribution is 7.99. The van der Waals surface area contributed by atoms with E-state index in [1.807, 2.05) is 45.0 Å². The first-order valence-corrected chi connectivity index (χ1v) is 15.7. The van der Waals surface area contributed by atoms with Gasteiger partial charge in [-0.05, 0) is 68.7 Å². The number of carbonyl (C=O) groups is 2. The van der Waals surface area contributed by atoms with Crippen molar-refractivity contribution in [3.63, 3.8) is 0 Å². The molecule has 0 saturated heterocycles. The van der Waals surface area contributed by atoms with E-state index >= 15 is 0 Å². The molecule has 0 amide bonds. The van der Waals surface area contributed by atoms with E-state index in [1.54, 1.807) is 37.9 Å². The Morgan fingerprint density at radius 3 is 2.63 bits per heavy atom. The van der Waals surface area contributed by atoms with Crippen molar-refractivity contribution in [3.8, 4) is 11.5 Å². The van der Waals surface area contributed by atoms with Gasteiger partial charge in [0.1, 0.15) is 12.2 Å². The molecule has 1 aromatic heterocycles. The first kappa shape index (κ1) is 30.5. The Balaban J connectivity index is 1.59. The largest absolute Gasteiger partial charge is 0.493 e. The van der Waals surface area contributed by atoms with Crippen molar-refractivity contribution in [2.24, 2.45) is 0 Å². The number of allylic oxidation sites excluding steroid dienone is 3. The van der Waals surface area contributed by atoms with Gasteiger partial charge in [0.15, 0.2) is 22.7 Å². The van der Waals surface area contributed by atoms with Crippen molar-refractivity contribution in [1.29, 1.82) is 0 Å². The van der Waals surface area contributed by atoms with Gasteiger partial charge in [0.25, 0.3) is 0 Å². The van der Waals surface area contributed by atoms with E-state index < -0.39 is 11.9 Å². The fourth-order valence-corrected chi connectivity index (χ4v) is 6.43. The molecule has 226 valence electrons. The maximum absolute atomic E-state index is 14.1. The molecule has 1 aliphatic heterocycles. The number of ether oxygens (including phenoxy) is 3. The summed E-state index contributed by atoms with van der Waals surface area (Å²) in [5.41, 5.74) is 4.19. The predicted octanol–water partition coefficient (Wildman–Crippen LogP) is 6.17. The summed E-state index contributed by atoms with van der Waals surface area (Å²) in [7, 11) is 1.59. The zero-order chi connectivity index (χ0) is 30.7. The Labute approximate surface area is 255 Å². The number of fused-ring (bicyclic) bond motifs is 1. The lowest BCUT2D eigenvalue weighted by Crippen LogP contribution is -2.37. The third-order valence-electron chi connectivity index (χ3n) is 7.94. The third kappa shape index (κ3) is 6.09. The van der Waals surface area contributed by atoms with Crippen LogP contribution in [0.5, 0.6) is 11.5 Å². The Bertz CT molecular complexity index is 1690. The van der Waals surface area contributed by atoms with Crippen molar-refractivity contribution in [1.82, 2.24) is 5.32 Å². The molecule has 0 radical (unpaired) electrons. The number of carbonyl (C=O) groups excluding carboxylic acids is 2. The average Bonchev–Trinajstić information content (AvgIpc) is 2.99. The first-order chi connectivity index (χ1) is 20.8. The molecule has 43 heavy (non-hydrogen) atoms. The van der Waals surface area contributed by atoms with Gasteiger partial charge in [-0.2, -0.15) is 11.8 Å². The minimum absolute atomic E-state index is 0.132. The number of nitrogens with one attached hydrogen (secondary N) is 1. The molecular weight excluding hydrogens is 566 g/mol. The number of dihydropyridines is 1. The van der Waals surface area contributed by atoms with Gasteiger partial charge in [0.05, 0.1) is 36.9 Å². The van der Waals surface area contributed by atoms with E-state index in [4.69, 9.17) is 18.6 Å². The second-order valence-corrected chi connectivity index (χ2v) is 12.1. The van der Waals surface area contributed by atoms with Crippen molar-refractivity contribution in [2.45, 2.75) is 52.4 Å². The van der Waals surface area contributed by atoms with Gasteiger partial charge in [0.2, 0.25) is 0 Å². The zero-order valence-corrected chi connectivity index (χ0v) is 26.0. The molecule has 5 rings (SSSR count).